The maximum absolute atomic E-state index is 2.67. The summed E-state index contributed by atoms with van der Waals surface area (Å²) in [5.41, 5.74) is 4.15. The van der Waals surface area contributed by atoms with Crippen LogP contribution in [0.1, 0.15) is 153 Å². The molecule has 0 saturated heterocycles. The van der Waals surface area contributed by atoms with Crippen LogP contribution in [0.25, 0.3) is 0 Å². The van der Waals surface area contributed by atoms with Gasteiger partial charge in [0, 0.05) is 6.42 Å². The molecule has 1 unspecified atom stereocenters. The van der Waals surface area contributed by atoms with Gasteiger partial charge in [0.15, 0.2) is 0 Å². The first-order chi connectivity index (χ1) is 22.1. The van der Waals surface area contributed by atoms with Crippen LogP contribution in [0.15, 0.2) is 91.0 Å². The lowest BCUT2D eigenvalue weighted by molar-refractivity contribution is -0.937. The van der Waals surface area contributed by atoms with Gasteiger partial charge in [0.05, 0.1) is 25.6 Å². The fraction of sp³-hybridized carbons (Fsp3) is 0.591. The predicted molar refractivity (Wildman–Crippen MR) is 199 cm³/mol. The van der Waals surface area contributed by atoms with Gasteiger partial charge in [-0.2, -0.15) is 0 Å². The van der Waals surface area contributed by atoms with E-state index < -0.39 is 0 Å². The Morgan fingerprint density at radius 1 is 0.422 bits per heavy atom. The molecule has 0 spiro atoms. The smallest absolute Gasteiger partial charge is 0.107 e. The summed E-state index contributed by atoms with van der Waals surface area (Å²) in [7, 11) is 2.67. The lowest BCUT2D eigenvalue weighted by Gasteiger charge is -2.52. The Kier molecular flexibility index (Phi) is 17.7. The third-order valence-electron chi connectivity index (χ3n) is 10.6. The first-order valence-corrected chi connectivity index (χ1v) is 19.1. The Morgan fingerprint density at radius 3 is 1.09 bits per heavy atom. The van der Waals surface area contributed by atoms with Gasteiger partial charge in [0.2, 0.25) is 0 Å². The largest absolute Gasteiger partial charge is 0.322 e. The molecule has 1 heteroatoms. The average Bonchev–Trinajstić information content (AvgIpc) is 3.08. The maximum Gasteiger partial charge on any atom is 0.107 e. The second-order valence-corrected chi connectivity index (χ2v) is 14.1. The van der Waals surface area contributed by atoms with E-state index >= 15 is 0 Å². The van der Waals surface area contributed by atoms with Crippen molar-refractivity contribution in [2.45, 2.75) is 148 Å². The number of quaternary nitrogens is 1. The summed E-state index contributed by atoms with van der Waals surface area (Å²) in [6.45, 7) is 9.54. The Morgan fingerprint density at radius 2 is 0.733 bits per heavy atom. The zero-order chi connectivity index (χ0) is 32.1. The third-order valence-corrected chi connectivity index (χ3v) is 10.6. The molecular weight excluding hydrogens is 542 g/mol. The molecule has 1 atom stereocenters. The van der Waals surface area contributed by atoms with Gasteiger partial charge in [-0.05, 0) is 48.8 Å². The number of likely N-dealkylation sites (N-methyl/N-ethyl adjacent to an activating group) is 1. The minimum absolute atomic E-state index is 0.215. The second-order valence-electron chi connectivity index (χ2n) is 14.1. The number of hydrogen-bond donors (Lipinski definition) is 0. The third kappa shape index (κ3) is 11.1. The highest BCUT2D eigenvalue weighted by atomic mass is 15.4. The van der Waals surface area contributed by atoms with Crippen molar-refractivity contribution >= 4 is 0 Å². The van der Waals surface area contributed by atoms with E-state index in [9.17, 15) is 0 Å². The number of unbranched alkanes of at least 4 members (excludes halogenated alkanes) is 14. The number of hydrogen-bond acceptors (Lipinski definition) is 0. The Hall–Kier alpha value is -2.38. The van der Waals surface area contributed by atoms with Crippen LogP contribution in [0.4, 0.5) is 0 Å². The van der Waals surface area contributed by atoms with Crippen molar-refractivity contribution in [3.8, 4) is 0 Å². The molecule has 3 rings (SSSR count). The molecule has 248 valence electrons. The van der Waals surface area contributed by atoms with Crippen LogP contribution in [0.5, 0.6) is 0 Å². The maximum atomic E-state index is 2.67. The van der Waals surface area contributed by atoms with E-state index in [-0.39, 0.29) is 5.41 Å². The van der Waals surface area contributed by atoms with E-state index in [2.05, 4.69) is 119 Å². The van der Waals surface area contributed by atoms with E-state index in [0.29, 0.717) is 6.04 Å². The highest BCUT2D eigenvalue weighted by molar-refractivity contribution is 5.52. The molecular formula is C44H68N+. The summed E-state index contributed by atoms with van der Waals surface area (Å²) in [6.07, 6.45) is 24.2. The van der Waals surface area contributed by atoms with Crippen LogP contribution in [0, 0.1) is 0 Å². The summed E-state index contributed by atoms with van der Waals surface area (Å²) >= 11 is 0. The molecule has 0 aromatic heterocycles. The quantitative estimate of drug-likeness (QED) is 0.0508. The van der Waals surface area contributed by atoms with Crippen molar-refractivity contribution in [3.05, 3.63) is 108 Å². The first kappa shape index (κ1) is 37.1. The first-order valence-electron chi connectivity index (χ1n) is 19.1. The van der Waals surface area contributed by atoms with Gasteiger partial charge in [-0.1, -0.05) is 189 Å². The minimum Gasteiger partial charge on any atom is -0.322 e. The molecule has 0 aliphatic rings. The molecule has 0 aliphatic heterocycles. The summed E-state index contributed by atoms with van der Waals surface area (Å²) in [5, 5.41) is 0. The van der Waals surface area contributed by atoms with Crippen LogP contribution in [0.3, 0.4) is 0 Å². The second kappa shape index (κ2) is 21.4. The molecule has 45 heavy (non-hydrogen) atoms. The van der Waals surface area contributed by atoms with Crippen LogP contribution in [0.2, 0.25) is 0 Å². The number of rotatable bonds is 25. The van der Waals surface area contributed by atoms with Gasteiger partial charge in [-0.3, -0.25) is 0 Å². The van der Waals surface area contributed by atoms with E-state index in [0.717, 1.165) is 4.48 Å². The fourth-order valence-electron chi connectivity index (χ4n) is 8.05. The molecule has 3 aromatic rings. The van der Waals surface area contributed by atoms with Crippen molar-refractivity contribution in [2.75, 3.05) is 20.1 Å². The summed E-state index contributed by atoms with van der Waals surface area (Å²) < 4.78 is 1.16. The van der Waals surface area contributed by atoms with E-state index in [4.69, 9.17) is 0 Å². The van der Waals surface area contributed by atoms with Gasteiger partial charge < -0.3 is 4.48 Å². The van der Waals surface area contributed by atoms with Crippen LogP contribution < -0.4 is 0 Å². The zero-order valence-corrected chi connectivity index (χ0v) is 29.8. The predicted octanol–water partition coefficient (Wildman–Crippen LogP) is 12.9. The monoisotopic (exact) mass is 611 g/mol. The van der Waals surface area contributed by atoms with Crippen LogP contribution in [-0.2, 0) is 5.41 Å². The Bertz CT molecular complexity index is 993. The van der Waals surface area contributed by atoms with Crippen molar-refractivity contribution in [3.63, 3.8) is 0 Å². The minimum atomic E-state index is -0.215. The van der Waals surface area contributed by atoms with Crippen molar-refractivity contribution in [1.29, 1.82) is 0 Å². The van der Waals surface area contributed by atoms with Gasteiger partial charge >= 0.3 is 0 Å². The van der Waals surface area contributed by atoms with E-state index in [1.54, 1.807) is 0 Å². The Labute approximate surface area is 279 Å². The SMILES string of the molecule is CCCCCCCC[N+](C)(CCCCCCCC)C(CCCCCCC)C(c1ccccc1)(c1ccccc1)c1ccccc1. The summed E-state index contributed by atoms with van der Waals surface area (Å²) in [4.78, 5) is 0. The number of nitrogens with zero attached hydrogens (tertiary/aromatic N) is 1. The molecule has 1 nitrogen and oxygen atoms in total. The zero-order valence-electron chi connectivity index (χ0n) is 29.8. The molecule has 0 fully saturated rings. The molecule has 0 heterocycles. The van der Waals surface area contributed by atoms with Gasteiger partial charge in [-0.15, -0.1) is 0 Å². The van der Waals surface area contributed by atoms with Gasteiger partial charge in [0.1, 0.15) is 6.04 Å². The van der Waals surface area contributed by atoms with Crippen molar-refractivity contribution in [2.24, 2.45) is 0 Å². The van der Waals surface area contributed by atoms with E-state index in [1.807, 2.05) is 0 Å². The van der Waals surface area contributed by atoms with Crippen molar-refractivity contribution in [1.82, 2.24) is 0 Å². The molecule has 0 bridgehead atoms. The molecule has 0 aliphatic carbocycles. The highest BCUT2D eigenvalue weighted by Gasteiger charge is 2.52. The average molecular weight is 611 g/mol. The fourth-order valence-corrected chi connectivity index (χ4v) is 8.05. The summed E-state index contributed by atoms with van der Waals surface area (Å²) in [6, 6.07) is 35.3. The molecule has 3 aromatic carbocycles. The lowest BCUT2D eigenvalue weighted by Crippen LogP contribution is -2.62. The van der Waals surface area contributed by atoms with Gasteiger partial charge in [0.25, 0.3) is 0 Å². The van der Waals surface area contributed by atoms with Crippen molar-refractivity contribution < 1.29 is 4.48 Å². The Balaban J connectivity index is 2.15. The highest BCUT2D eigenvalue weighted by Crippen LogP contribution is 2.48. The molecule has 0 N–H and O–H groups in total. The van der Waals surface area contributed by atoms with E-state index in [1.165, 1.54) is 145 Å². The normalized spacial score (nSPS) is 12.8. The molecule has 0 radical (unpaired) electrons. The van der Waals surface area contributed by atoms with Crippen LogP contribution in [-0.4, -0.2) is 30.7 Å². The van der Waals surface area contributed by atoms with Gasteiger partial charge in [-0.25, -0.2) is 0 Å². The van der Waals surface area contributed by atoms with Crippen LogP contribution >= 0.6 is 0 Å². The molecule has 0 saturated carbocycles. The molecule has 0 amide bonds. The summed E-state index contributed by atoms with van der Waals surface area (Å²) in [5.74, 6) is 0. The topological polar surface area (TPSA) is 0 Å². The standard InChI is InChI=1S/C44H68N/c1-5-8-11-14-17-29-38-45(4,39-30-18-15-12-9-6-2)43(37-28-16-13-10-7-3)44(40-31-22-19-23-32-40,41-33-24-20-25-34-41)42-35-26-21-27-36-42/h19-27,31-36,43H,5-18,28-30,37-39H2,1-4H3/q+1. The number of benzene rings is 3. The lowest BCUT2D eigenvalue weighted by atomic mass is 9.62.